The van der Waals surface area contributed by atoms with E-state index in [0.29, 0.717) is 0 Å². The van der Waals surface area contributed by atoms with Gasteiger partial charge in [-0.25, -0.2) is 0 Å². The molecule has 1 N–H and O–H groups in total. The van der Waals surface area contributed by atoms with E-state index in [-0.39, 0.29) is 24.9 Å². The molecular formula is C4H5IN2O2. The van der Waals surface area contributed by atoms with Crippen LogP contribution in [0.25, 0.3) is 0 Å². The van der Waals surface area contributed by atoms with Gasteiger partial charge in [0.2, 0.25) is 5.91 Å². The molecular weight excluding hydrogens is 235 g/mol. The van der Waals surface area contributed by atoms with Crippen LogP contribution in [0.15, 0.2) is 0 Å². The van der Waals surface area contributed by atoms with E-state index in [1.807, 2.05) is 22.9 Å². The van der Waals surface area contributed by atoms with Gasteiger partial charge in [-0.15, -0.1) is 0 Å². The molecule has 0 aromatic carbocycles. The van der Waals surface area contributed by atoms with E-state index in [2.05, 4.69) is 5.32 Å². The van der Waals surface area contributed by atoms with Crippen LogP contribution < -0.4 is 5.32 Å². The molecule has 4 nitrogen and oxygen atoms in total. The van der Waals surface area contributed by atoms with Crippen LogP contribution in [0.5, 0.6) is 0 Å². The lowest BCUT2D eigenvalue weighted by Gasteiger charge is -2.19. The van der Waals surface area contributed by atoms with Crippen molar-refractivity contribution in [1.82, 2.24) is 8.43 Å². The Morgan fingerprint density at radius 3 is 2.67 bits per heavy atom. The quantitative estimate of drug-likeness (QED) is 0.449. The van der Waals surface area contributed by atoms with Gasteiger partial charge in [0.1, 0.15) is 6.54 Å². The van der Waals surface area contributed by atoms with E-state index >= 15 is 0 Å². The van der Waals surface area contributed by atoms with Crippen LogP contribution >= 0.6 is 22.9 Å². The predicted octanol–water partition coefficient (Wildman–Crippen LogP) is -0.705. The number of nitrogens with zero attached hydrogens (tertiary/aromatic N) is 1. The first-order valence-corrected chi connectivity index (χ1v) is 3.39. The standard InChI is InChI=1S/C4H5IN2O2/c5-7-2-3(8)6-1-4(7)9/h1-2H2,(H,6,8). The third kappa shape index (κ3) is 1.54. The van der Waals surface area contributed by atoms with Crippen LogP contribution in [0.2, 0.25) is 0 Å². The summed E-state index contributed by atoms with van der Waals surface area (Å²) in [7, 11) is 0. The van der Waals surface area contributed by atoms with Crippen molar-refractivity contribution in [2.45, 2.75) is 0 Å². The number of carbonyl (C=O) groups is 2. The minimum absolute atomic E-state index is 0.0461. The molecule has 9 heavy (non-hydrogen) atoms. The molecule has 50 valence electrons. The minimum Gasteiger partial charge on any atom is -0.345 e. The molecule has 2 amide bonds. The summed E-state index contributed by atoms with van der Waals surface area (Å²) in [6.45, 7) is 0.321. The molecule has 1 aliphatic rings. The van der Waals surface area contributed by atoms with Gasteiger partial charge in [0.15, 0.2) is 0 Å². The summed E-state index contributed by atoms with van der Waals surface area (Å²) in [5, 5.41) is 2.43. The zero-order chi connectivity index (χ0) is 6.85. The molecule has 0 radical (unpaired) electrons. The van der Waals surface area contributed by atoms with E-state index in [0.717, 1.165) is 0 Å². The Morgan fingerprint density at radius 1 is 1.56 bits per heavy atom. The van der Waals surface area contributed by atoms with Gasteiger partial charge in [0.05, 0.1) is 29.4 Å². The van der Waals surface area contributed by atoms with Crippen LogP contribution in [0.4, 0.5) is 0 Å². The number of piperazine rings is 1. The van der Waals surface area contributed by atoms with Gasteiger partial charge < -0.3 is 5.32 Å². The third-order valence-electron chi connectivity index (χ3n) is 0.990. The second-order valence-corrected chi connectivity index (χ2v) is 2.86. The molecule has 0 saturated carbocycles. The van der Waals surface area contributed by atoms with Crippen molar-refractivity contribution in [1.29, 1.82) is 0 Å². The van der Waals surface area contributed by atoms with Crippen molar-refractivity contribution < 1.29 is 9.59 Å². The van der Waals surface area contributed by atoms with Gasteiger partial charge in [-0.2, -0.15) is 0 Å². The zero-order valence-corrected chi connectivity index (χ0v) is 6.71. The van der Waals surface area contributed by atoms with Crippen molar-refractivity contribution in [2.75, 3.05) is 13.1 Å². The molecule has 1 rings (SSSR count). The smallest absolute Gasteiger partial charge is 0.251 e. The monoisotopic (exact) mass is 240 g/mol. The summed E-state index contributed by atoms with van der Waals surface area (Å²) in [4.78, 5) is 21.2. The summed E-state index contributed by atoms with van der Waals surface area (Å²) in [6.07, 6.45) is 0. The third-order valence-corrected chi connectivity index (χ3v) is 1.87. The first kappa shape index (κ1) is 6.79. The molecule has 0 aliphatic carbocycles. The van der Waals surface area contributed by atoms with Crippen molar-refractivity contribution in [3.63, 3.8) is 0 Å². The van der Waals surface area contributed by atoms with Gasteiger partial charge in [-0.05, 0) is 0 Å². The molecule has 0 spiro atoms. The van der Waals surface area contributed by atoms with E-state index in [1.165, 1.54) is 3.11 Å². The number of hydrogen-bond acceptors (Lipinski definition) is 2. The fourth-order valence-electron chi connectivity index (χ4n) is 0.530. The molecule has 0 atom stereocenters. The Hall–Kier alpha value is -0.330. The molecule has 0 aromatic heterocycles. The van der Waals surface area contributed by atoms with E-state index in [1.54, 1.807) is 0 Å². The highest BCUT2D eigenvalue weighted by molar-refractivity contribution is 14.1. The Morgan fingerprint density at radius 2 is 2.22 bits per heavy atom. The maximum atomic E-state index is 10.6. The van der Waals surface area contributed by atoms with E-state index < -0.39 is 0 Å². The van der Waals surface area contributed by atoms with E-state index in [9.17, 15) is 9.59 Å². The number of amides is 2. The highest BCUT2D eigenvalue weighted by Crippen LogP contribution is 2.01. The van der Waals surface area contributed by atoms with Gasteiger partial charge in [0.25, 0.3) is 5.91 Å². The van der Waals surface area contributed by atoms with E-state index in [4.69, 9.17) is 0 Å². The first-order chi connectivity index (χ1) is 4.20. The normalized spacial score (nSPS) is 19.9. The fraction of sp³-hybridized carbons (Fsp3) is 0.500. The summed E-state index contributed by atoms with van der Waals surface area (Å²) < 4.78 is 1.37. The lowest BCUT2D eigenvalue weighted by Crippen LogP contribution is -2.46. The maximum Gasteiger partial charge on any atom is 0.251 e. The molecule has 0 bridgehead atoms. The molecule has 1 aliphatic heterocycles. The summed E-state index contributed by atoms with van der Waals surface area (Å²) in [6, 6.07) is 0. The van der Waals surface area contributed by atoms with Crippen molar-refractivity contribution in [3.05, 3.63) is 0 Å². The maximum absolute atomic E-state index is 10.6. The number of nitrogens with one attached hydrogen (secondary N) is 1. The van der Waals surface area contributed by atoms with Gasteiger partial charge in [0, 0.05) is 0 Å². The fourth-order valence-corrected chi connectivity index (χ4v) is 1.01. The number of carbonyl (C=O) groups excluding carboxylic acids is 2. The van der Waals surface area contributed by atoms with Gasteiger partial charge >= 0.3 is 0 Å². The Labute approximate surface area is 66.1 Å². The average Bonchev–Trinajstić information content (AvgIpc) is 1.80. The summed E-state index contributed by atoms with van der Waals surface area (Å²) >= 11 is 1.82. The SMILES string of the molecule is O=C1CN(I)C(=O)CN1. The van der Waals surface area contributed by atoms with Crippen molar-refractivity contribution in [3.8, 4) is 0 Å². The molecule has 1 fully saturated rings. The highest BCUT2D eigenvalue weighted by atomic mass is 127. The first-order valence-electron chi connectivity index (χ1n) is 2.43. The Balaban J connectivity index is 2.54. The summed E-state index contributed by atoms with van der Waals surface area (Å²) in [5.74, 6) is -0.140. The largest absolute Gasteiger partial charge is 0.345 e. The van der Waals surface area contributed by atoms with Crippen molar-refractivity contribution in [2.24, 2.45) is 0 Å². The topological polar surface area (TPSA) is 49.4 Å². The van der Waals surface area contributed by atoms with Gasteiger partial charge in [-0.3, -0.25) is 12.7 Å². The molecule has 0 unspecified atom stereocenters. The number of halogens is 1. The highest BCUT2D eigenvalue weighted by Gasteiger charge is 2.19. The lowest BCUT2D eigenvalue weighted by atomic mass is 10.4. The van der Waals surface area contributed by atoms with Crippen molar-refractivity contribution >= 4 is 34.7 Å². The van der Waals surface area contributed by atoms with Crippen LogP contribution in [-0.2, 0) is 9.59 Å². The van der Waals surface area contributed by atoms with Gasteiger partial charge in [-0.1, -0.05) is 0 Å². The second kappa shape index (κ2) is 2.51. The molecule has 1 heterocycles. The number of hydrogen-bond donors (Lipinski definition) is 1. The van der Waals surface area contributed by atoms with Crippen LogP contribution in [0.1, 0.15) is 0 Å². The van der Waals surface area contributed by atoms with Crippen LogP contribution in [0.3, 0.4) is 0 Å². The number of rotatable bonds is 0. The summed E-state index contributed by atoms with van der Waals surface area (Å²) in [5.41, 5.74) is 0. The molecule has 1 saturated heterocycles. The molecule has 0 aromatic rings. The predicted molar refractivity (Wildman–Crippen MR) is 38.7 cm³/mol. The Kier molecular flexibility index (Phi) is 1.89. The second-order valence-electron chi connectivity index (χ2n) is 1.69. The zero-order valence-electron chi connectivity index (χ0n) is 4.56. The average molecular weight is 240 g/mol. The lowest BCUT2D eigenvalue weighted by molar-refractivity contribution is -0.134. The molecule has 5 heteroatoms. The van der Waals surface area contributed by atoms with Crippen LogP contribution in [-0.4, -0.2) is 28.0 Å². The van der Waals surface area contributed by atoms with Crippen LogP contribution in [0, 0.1) is 0 Å². The minimum atomic E-state index is -0.0935. The Bertz CT molecular complexity index is 159.